The highest BCUT2D eigenvalue weighted by atomic mass is 32.2. The van der Waals surface area contributed by atoms with E-state index in [1.165, 1.54) is 6.92 Å². The quantitative estimate of drug-likeness (QED) is 0.0373. The number of aliphatic hydroxyl groups excluding tert-OH is 2. The van der Waals surface area contributed by atoms with Crippen molar-refractivity contribution in [1.29, 1.82) is 0 Å². The second-order valence-electron chi connectivity index (χ2n) is 13.3. The Bertz CT molecular complexity index is 2000. The number of thioether (sulfide) groups is 1. The van der Waals surface area contributed by atoms with Gasteiger partial charge in [-0.2, -0.15) is 0 Å². The van der Waals surface area contributed by atoms with Crippen LogP contribution in [0.15, 0.2) is 12.7 Å². The number of rotatable bonds is 24. The summed E-state index contributed by atoms with van der Waals surface area (Å²) in [6.07, 6.45) is -8.90. The van der Waals surface area contributed by atoms with Gasteiger partial charge < -0.3 is 78.9 Å². The first-order valence-corrected chi connectivity index (χ1v) is 22.3. The second-order valence-corrected chi connectivity index (χ2v) is 18.5. The van der Waals surface area contributed by atoms with Gasteiger partial charge >= 0.3 is 0 Å². The average molecular weight is 919 g/mol. The van der Waals surface area contributed by atoms with E-state index in [1.54, 1.807) is 0 Å². The SMILES string of the molecule is CC(CC(=O)[O-])C(=O)CC(=O)SCCNC(=O)CCNC(=O)[C@H](O)C(C)(C)COP(=O)([O-])OP(=O)([O-])OC[C@H]1O[C@H](n2cnc3c(N)ncnc32)[C@H](O)[C@@H]1OP(=O)([O-])[O-]. The molecule has 59 heavy (non-hydrogen) atoms. The molecule has 0 aliphatic carbocycles. The molecule has 2 aromatic rings. The van der Waals surface area contributed by atoms with E-state index in [0.717, 1.165) is 42.8 Å². The Morgan fingerprint density at radius 2 is 1.71 bits per heavy atom. The Hall–Kier alpha value is -3.30. The van der Waals surface area contributed by atoms with Crippen molar-refractivity contribution >= 4 is 80.9 Å². The van der Waals surface area contributed by atoms with Gasteiger partial charge in [-0.1, -0.05) is 32.5 Å². The largest absolute Gasteiger partial charge is 0.790 e. The number of Topliss-reactive ketones (excluding diaryl/α,β-unsaturated/α-hetero) is 1. The van der Waals surface area contributed by atoms with Gasteiger partial charge in [-0.05, 0) is 6.42 Å². The summed E-state index contributed by atoms with van der Waals surface area (Å²) in [5, 5.41) is 36.1. The van der Waals surface area contributed by atoms with Gasteiger partial charge in [0.2, 0.25) is 11.8 Å². The highest BCUT2D eigenvalue weighted by molar-refractivity contribution is 8.13. The van der Waals surface area contributed by atoms with Crippen molar-refractivity contribution in [2.75, 3.05) is 37.8 Å². The van der Waals surface area contributed by atoms with Gasteiger partial charge in [-0.15, -0.1) is 0 Å². The predicted molar refractivity (Wildman–Crippen MR) is 187 cm³/mol. The molecule has 27 nitrogen and oxygen atoms in total. The second kappa shape index (κ2) is 21.0. The number of ether oxygens (including phenoxy) is 1. The number of aliphatic hydroxyl groups is 2. The van der Waals surface area contributed by atoms with Gasteiger partial charge in [0.15, 0.2) is 22.8 Å². The number of carboxylic acid groups (broad SMARTS) is 1. The number of nitrogen functional groups attached to an aromatic ring is 1. The van der Waals surface area contributed by atoms with E-state index in [0.29, 0.717) is 0 Å². The average Bonchev–Trinajstić information content (AvgIpc) is 3.67. The lowest BCUT2D eigenvalue weighted by Crippen LogP contribution is -2.46. The number of anilines is 1. The molecule has 31 heteroatoms. The minimum atomic E-state index is -5.95. The number of imidazole rings is 1. The third-order valence-electron chi connectivity index (χ3n) is 8.08. The number of amides is 2. The molecule has 3 heterocycles. The third kappa shape index (κ3) is 15.6. The lowest BCUT2D eigenvalue weighted by molar-refractivity contribution is -0.347. The van der Waals surface area contributed by atoms with Crippen molar-refractivity contribution in [3.63, 3.8) is 0 Å². The molecule has 0 saturated carbocycles. The number of nitrogens with two attached hydrogens (primary N) is 1. The fourth-order valence-electron chi connectivity index (χ4n) is 5.00. The molecular formula is C28H39N7O20P3S-5. The number of nitrogens with one attached hydrogen (secondary N) is 2. The molecule has 1 aliphatic rings. The topological polar surface area (TPSA) is 432 Å². The molecule has 0 spiro atoms. The first kappa shape index (κ1) is 50.1. The summed E-state index contributed by atoms with van der Waals surface area (Å²) < 4.78 is 60.4. The van der Waals surface area contributed by atoms with Crippen molar-refractivity contribution in [2.45, 2.75) is 70.7 Å². The maximum Gasteiger partial charge on any atom is 0.274 e. The fraction of sp³-hybridized carbons (Fsp3) is 0.643. The Morgan fingerprint density at radius 3 is 2.36 bits per heavy atom. The van der Waals surface area contributed by atoms with Crippen molar-refractivity contribution in [3.05, 3.63) is 12.7 Å². The molecule has 332 valence electrons. The van der Waals surface area contributed by atoms with Gasteiger partial charge in [0, 0.05) is 42.6 Å². The van der Waals surface area contributed by atoms with Crippen molar-refractivity contribution < 1.29 is 95.2 Å². The molecule has 0 bridgehead atoms. The molecule has 0 aromatic carbocycles. The van der Waals surface area contributed by atoms with E-state index in [4.69, 9.17) is 10.5 Å². The van der Waals surface area contributed by atoms with E-state index >= 15 is 0 Å². The molecule has 8 atom stereocenters. The highest BCUT2D eigenvalue weighted by Gasteiger charge is 2.47. The summed E-state index contributed by atoms with van der Waals surface area (Å²) in [5.74, 6) is -4.57. The van der Waals surface area contributed by atoms with Crippen LogP contribution in [0.1, 0.15) is 46.3 Å². The molecule has 1 fully saturated rings. The number of phosphoric ester groups is 3. The lowest BCUT2D eigenvalue weighted by atomic mass is 9.87. The van der Waals surface area contributed by atoms with Gasteiger partial charge in [0.25, 0.3) is 15.6 Å². The van der Waals surface area contributed by atoms with E-state index in [-0.39, 0.29) is 42.2 Å². The summed E-state index contributed by atoms with van der Waals surface area (Å²) >= 11 is 0.739. The number of carbonyl (C=O) groups is 5. The van der Waals surface area contributed by atoms with E-state index < -0.39 is 120 Å². The number of fused-ring (bicyclic) bond motifs is 1. The smallest absolute Gasteiger partial charge is 0.274 e. The first-order chi connectivity index (χ1) is 27.2. The van der Waals surface area contributed by atoms with E-state index in [2.05, 4.69) is 43.5 Å². The summed E-state index contributed by atoms with van der Waals surface area (Å²) in [5.41, 5.74) is 3.97. The third-order valence-corrected chi connectivity index (χ3v) is 12.0. The molecule has 0 radical (unpaired) electrons. The zero-order chi connectivity index (χ0) is 44.5. The van der Waals surface area contributed by atoms with Gasteiger partial charge in [0.05, 0.1) is 33.8 Å². The van der Waals surface area contributed by atoms with Crippen LogP contribution in [-0.2, 0) is 60.3 Å². The number of hydrogen-bond acceptors (Lipinski definition) is 25. The van der Waals surface area contributed by atoms with Gasteiger partial charge in [-0.25, -0.2) is 19.3 Å². The van der Waals surface area contributed by atoms with Crippen LogP contribution in [0.2, 0.25) is 0 Å². The minimum absolute atomic E-state index is 0.00705. The number of aromatic nitrogens is 4. The molecule has 3 rings (SSSR count). The maximum atomic E-state index is 12.5. The van der Waals surface area contributed by atoms with Crippen molar-refractivity contribution in [3.8, 4) is 0 Å². The predicted octanol–water partition coefficient (Wildman–Crippen LogP) is -5.13. The van der Waals surface area contributed by atoms with Crippen LogP contribution in [-0.4, -0.2) is 115 Å². The van der Waals surface area contributed by atoms with E-state index in [1.807, 2.05) is 0 Å². The maximum absolute atomic E-state index is 12.5. The summed E-state index contributed by atoms with van der Waals surface area (Å²) in [7, 11) is -17.7. The Morgan fingerprint density at radius 1 is 1.05 bits per heavy atom. The molecule has 2 amide bonds. The van der Waals surface area contributed by atoms with Gasteiger partial charge in [-0.3, -0.25) is 32.9 Å². The Balaban J connectivity index is 1.45. The van der Waals surface area contributed by atoms with Gasteiger partial charge in [0.1, 0.15) is 42.0 Å². The van der Waals surface area contributed by atoms with Crippen LogP contribution >= 0.6 is 35.2 Å². The molecular weight excluding hydrogens is 879 g/mol. The minimum Gasteiger partial charge on any atom is -0.790 e. The van der Waals surface area contributed by atoms with Crippen LogP contribution < -0.4 is 41.0 Å². The zero-order valence-electron chi connectivity index (χ0n) is 31.1. The highest BCUT2D eigenvalue weighted by Crippen LogP contribution is 2.56. The first-order valence-electron chi connectivity index (χ1n) is 16.9. The molecule has 3 unspecified atom stereocenters. The van der Waals surface area contributed by atoms with Crippen molar-refractivity contribution in [1.82, 2.24) is 30.2 Å². The lowest BCUT2D eigenvalue weighted by Gasteiger charge is -2.36. The zero-order valence-corrected chi connectivity index (χ0v) is 34.6. The summed E-state index contributed by atoms with van der Waals surface area (Å²) in [6, 6.07) is 0. The summed E-state index contributed by atoms with van der Waals surface area (Å²) in [4.78, 5) is 118. The van der Waals surface area contributed by atoms with Crippen LogP contribution in [0, 0.1) is 11.3 Å². The molecule has 1 aliphatic heterocycles. The Labute approximate surface area is 338 Å². The standard InChI is InChI=1S/C28H44N7O20P3S/c1-14(8-18(38)39)15(36)9-19(40)59-7-6-30-17(37)4-5-31-26(43)23(42)28(2,3)11-52-58(49,50)55-57(47,48)51-10-16-22(54-56(44,45)46)21(41)27(53-16)35-13-34-20-24(29)32-12-33-25(20)35/h12-14,16,21-23,27,41-42H,4-11H2,1-3H3,(H,30,37)(H,31,43)(H,38,39)(H,47,48)(H,49,50)(H2,29,32,33)(H2,44,45,46)/p-5/t14?,16-,21-,22-,23+,27+/m1/s1. The number of ketones is 1. The normalized spacial score (nSPS) is 21.6. The van der Waals surface area contributed by atoms with Crippen LogP contribution in [0.4, 0.5) is 5.82 Å². The number of hydrogen-bond donors (Lipinski definition) is 5. The Kier molecular flexibility index (Phi) is 17.8. The number of aliphatic carboxylic acids is 1. The van der Waals surface area contributed by atoms with Crippen LogP contribution in [0.3, 0.4) is 0 Å². The monoisotopic (exact) mass is 918 g/mol. The molecule has 2 aromatic heterocycles. The van der Waals surface area contributed by atoms with Crippen LogP contribution in [0.5, 0.6) is 0 Å². The van der Waals surface area contributed by atoms with E-state index in [9.17, 15) is 72.6 Å². The number of nitrogens with zero attached hydrogens (tertiary/aromatic N) is 4. The summed E-state index contributed by atoms with van der Waals surface area (Å²) in [6.45, 7) is 0.999. The van der Waals surface area contributed by atoms with Crippen molar-refractivity contribution in [2.24, 2.45) is 11.3 Å². The number of phosphoric acid groups is 3. The fourth-order valence-corrected chi connectivity index (χ4v) is 8.42. The number of carbonyl (C=O) groups excluding carboxylic acids is 5. The number of carboxylic acids is 1. The van der Waals surface area contributed by atoms with Crippen LogP contribution in [0.25, 0.3) is 11.2 Å². The molecule has 6 N–H and O–H groups in total. The molecule has 1 saturated heterocycles.